The van der Waals surface area contributed by atoms with E-state index in [2.05, 4.69) is 13.8 Å². The minimum atomic E-state index is 0.809. The highest BCUT2D eigenvalue weighted by molar-refractivity contribution is 4.77. The Morgan fingerprint density at radius 1 is 1.30 bits per heavy atom. The quantitative estimate of drug-likeness (QED) is 0.594. The highest BCUT2D eigenvalue weighted by Crippen LogP contribution is 2.33. The van der Waals surface area contributed by atoms with Gasteiger partial charge in [0.1, 0.15) is 0 Å². The van der Waals surface area contributed by atoms with Gasteiger partial charge in [0.2, 0.25) is 0 Å². The summed E-state index contributed by atoms with van der Waals surface area (Å²) in [4.78, 5) is 0. The molecule has 1 aliphatic carbocycles. The zero-order chi connectivity index (χ0) is 7.56. The van der Waals surface area contributed by atoms with Crippen molar-refractivity contribution in [1.82, 2.24) is 0 Å². The molecule has 0 aromatic heterocycles. The normalized spacial score (nSPS) is 41.7. The second-order valence-electron chi connectivity index (χ2n) is 3.76. The molecule has 1 aliphatic rings. The fourth-order valence-corrected chi connectivity index (χ4v) is 2.02. The van der Waals surface area contributed by atoms with Gasteiger partial charge in [0, 0.05) is 0 Å². The molecule has 0 spiro atoms. The molecule has 60 valence electrons. The Bertz CT molecular complexity index is 101. The molecule has 0 bridgehead atoms. The van der Waals surface area contributed by atoms with Gasteiger partial charge in [-0.05, 0) is 30.7 Å². The van der Waals surface area contributed by atoms with E-state index in [9.17, 15) is 0 Å². The molecular formula is C9H19N. The first-order valence-electron chi connectivity index (χ1n) is 4.45. The van der Waals surface area contributed by atoms with Crippen molar-refractivity contribution in [3.05, 3.63) is 0 Å². The van der Waals surface area contributed by atoms with Gasteiger partial charge >= 0.3 is 0 Å². The second kappa shape index (κ2) is 3.38. The third-order valence-electron chi connectivity index (χ3n) is 3.18. The van der Waals surface area contributed by atoms with Gasteiger partial charge in [0.05, 0.1) is 0 Å². The molecule has 0 heterocycles. The molecule has 1 fully saturated rings. The molecule has 1 saturated carbocycles. The van der Waals surface area contributed by atoms with E-state index in [1.807, 2.05) is 0 Å². The maximum atomic E-state index is 5.66. The number of hydrogen-bond donors (Lipinski definition) is 1. The van der Waals surface area contributed by atoms with Crippen LogP contribution < -0.4 is 5.73 Å². The number of nitrogens with two attached hydrogens (primary N) is 1. The van der Waals surface area contributed by atoms with E-state index in [-0.39, 0.29) is 0 Å². The lowest BCUT2D eigenvalue weighted by Crippen LogP contribution is -2.29. The fourth-order valence-electron chi connectivity index (χ4n) is 2.02. The summed E-state index contributed by atoms with van der Waals surface area (Å²) in [7, 11) is 0. The van der Waals surface area contributed by atoms with E-state index in [1.54, 1.807) is 0 Å². The lowest BCUT2D eigenvalue weighted by atomic mass is 9.74. The average molecular weight is 141 g/mol. The van der Waals surface area contributed by atoms with Crippen molar-refractivity contribution in [2.45, 2.75) is 33.1 Å². The standard InChI is InChI=1S/C9H19N/c1-7-4-3-5-9(6-10)8(7)2/h7-9H,3-6,10H2,1-2H3. The van der Waals surface area contributed by atoms with Gasteiger partial charge < -0.3 is 5.73 Å². The van der Waals surface area contributed by atoms with Gasteiger partial charge in [-0.15, -0.1) is 0 Å². The van der Waals surface area contributed by atoms with Crippen LogP contribution in [0.2, 0.25) is 0 Å². The Labute approximate surface area is 64.0 Å². The van der Waals surface area contributed by atoms with Crippen LogP contribution in [0.1, 0.15) is 33.1 Å². The van der Waals surface area contributed by atoms with Crippen molar-refractivity contribution in [2.75, 3.05) is 6.54 Å². The Hall–Kier alpha value is -0.0400. The first kappa shape index (κ1) is 8.06. The topological polar surface area (TPSA) is 26.0 Å². The summed E-state index contributed by atoms with van der Waals surface area (Å²) in [6, 6.07) is 0. The van der Waals surface area contributed by atoms with Gasteiger partial charge in [0.15, 0.2) is 0 Å². The van der Waals surface area contributed by atoms with E-state index < -0.39 is 0 Å². The molecule has 1 nitrogen and oxygen atoms in total. The minimum Gasteiger partial charge on any atom is -0.330 e. The van der Waals surface area contributed by atoms with Crippen LogP contribution in [0.4, 0.5) is 0 Å². The maximum Gasteiger partial charge on any atom is -0.00462 e. The lowest BCUT2D eigenvalue weighted by molar-refractivity contribution is 0.188. The molecule has 3 atom stereocenters. The molecule has 2 N–H and O–H groups in total. The fraction of sp³-hybridized carbons (Fsp3) is 1.00. The van der Waals surface area contributed by atoms with E-state index >= 15 is 0 Å². The highest BCUT2D eigenvalue weighted by Gasteiger charge is 2.25. The first-order valence-corrected chi connectivity index (χ1v) is 4.45. The summed E-state index contributed by atoms with van der Waals surface area (Å²) in [5.41, 5.74) is 5.66. The van der Waals surface area contributed by atoms with Crippen LogP contribution in [0, 0.1) is 17.8 Å². The van der Waals surface area contributed by atoms with Crippen LogP contribution in [0.25, 0.3) is 0 Å². The third kappa shape index (κ3) is 1.51. The first-order chi connectivity index (χ1) is 4.75. The number of rotatable bonds is 1. The lowest BCUT2D eigenvalue weighted by Gasteiger charge is -2.33. The molecular weight excluding hydrogens is 122 g/mol. The molecule has 0 aromatic carbocycles. The molecule has 1 rings (SSSR count). The Kier molecular flexibility index (Phi) is 2.72. The molecule has 0 saturated heterocycles. The molecule has 0 aromatic rings. The predicted molar refractivity (Wildman–Crippen MR) is 44.7 cm³/mol. The van der Waals surface area contributed by atoms with Crippen molar-refractivity contribution >= 4 is 0 Å². The van der Waals surface area contributed by atoms with Crippen molar-refractivity contribution in [3.8, 4) is 0 Å². The monoisotopic (exact) mass is 141 g/mol. The van der Waals surface area contributed by atoms with Crippen LogP contribution in [-0.2, 0) is 0 Å². The third-order valence-corrected chi connectivity index (χ3v) is 3.18. The van der Waals surface area contributed by atoms with Gasteiger partial charge in [-0.1, -0.05) is 26.7 Å². The summed E-state index contributed by atoms with van der Waals surface area (Å²) >= 11 is 0. The van der Waals surface area contributed by atoms with Crippen molar-refractivity contribution in [2.24, 2.45) is 23.5 Å². The van der Waals surface area contributed by atoms with Crippen LogP contribution >= 0.6 is 0 Å². The van der Waals surface area contributed by atoms with Crippen molar-refractivity contribution in [1.29, 1.82) is 0 Å². The van der Waals surface area contributed by atoms with E-state index in [0.717, 1.165) is 24.3 Å². The van der Waals surface area contributed by atoms with E-state index in [4.69, 9.17) is 5.73 Å². The van der Waals surface area contributed by atoms with Crippen molar-refractivity contribution in [3.63, 3.8) is 0 Å². The Balaban J connectivity index is 2.42. The van der Waals surface area contributed by atoms with Crippen molar-refractivity contribution < 1.29 is 0 Å². The zero-order valence-electron chi connectivity index (χ0n) is 7.14. The van der Waals surface area contributed by atoms with Crippen LogP contribution in [0.5, 0.6) is 0 Å². The SMILES string of the molecule is CC1CCCC(CN)C1C. The largest absolute Gasteiger partial charge is 0.330 e. The van der Waals surface area contributed by atoms with Gasteiger partial charge in [-0.3, -0.25) is 0 Å². The predicted octanol–water partition coefficient (Wildman–Crippen LogP) is 2.02. The minimum absolute atomic E-state index is 0.809. The van der Waals surface area contributed by atoms with Crippen LogP contribution in [-0.4, -0.2) is 6.54 Å². The number of hydrogen-bond acceptors (Lipinski definition) is 1. The zero-order valence-corrected chi connectivity index (χ0v) is 7.14. The second-order valence-corrected chi connectivity index (χ2v) is 3.76. The Morgan fingerprint density at radius 2 is 2.00 bits per heavy atom. The summed E-state index contributed by atoms with van der Waals surface area (Å²) in [5.74, 6) is 2.57. The maximum absolute atomic E-state index is 5.66. The summed E-state index contributed by atoms with van der Waals surface area (Å²) in [6.45, 7) is 5.60. The smallest absolute Gasteiger partial charge is 0.00462 e. The molecule has 1 heteroatoms. The van der Waals surface area contributed by atoms with Crippen LogP contribution in [0.3, 0.4) is 0 Å². The molecule has 10 heavy (non-hydrogen) atoms. The highest BCUT2D eigenvalue weighted by atomic mass is 14.6. The summed E-state index contributed by atoms with van der Waals surface area (Å²) in [5, 5.41) is 0. The van der Waals surface area contributed by atoms with Gasteiger partial charge in [-0.25, -0.2) is 0 Å². The van der Waals surface area contributed by atoms with E-state index in [0.29, 0.717) is 0 Å². The van der Waals surface area contributed by atoms with Gasteiger partial charge in [0.25, 0.3) is 0 Å². The molecule has 0 radical (unpaired) electrons. The summed E-state index contributed by atoms with van der Waals surface area (Å²) < 4.78 is 0. The van der Waals surface area contributed by atoms with Gasteiger partial charge in [-0.2, -0.15) is 0 Å². The Morgan fingerprint density at radius 3 is 2.50 bits per heavy atom. The van der Waals surface area contributed by atoms with E-state index in [1.165, 1.54) is 19.3 Å². The van der Waals surface area contributed by atoms with Crippen LogP contribution in [0.15, 0.2) is 0 Å². The molecule has 0 amide bonds. The average Bonchev–Trinajstić information content (AvgIpc) is 1.95. The molecule has 3 unspecified atom stereocenters. The summed E-state index contributed by atoms with van der Waals surface area (Å²) in [6.07, 6.45) is 4.17. The molecule has 0 aliphatic heterocycles.